The first-order valence-corrected chi connectivity index (χ1v) is 8.26. The van der Waals surface area contributed by atoms with Gasteiger partial charge >= 0.3 is 0 Å². The normalized spacial score (nSPS) is 10.8. The van der Waals surface area contributed by atoms with E-state index >= 15 is 0 Å². The number of aromatic nitrogens is 1. The Morgan fingerprint density at radius 3 is 2.48 bits per heavy atom. The molecule has 0 amide bonds. The number of hydrogen-bond donors (Lipinski definition) is 1. The second-order valence-electron chi connectivity index (χ2n) is 5.58. The summed E-state index contributed by atoms with van der Waals surface area (Å²) in [5.41, 5.74) is 1.78. The Kier molecular flexibility index (Phi) is 4.27. The second-order valence-corrected chi connectivity index (χ2v) is 6.02. The number of nitrogens with zero attached hydrogens (tertiary/aromatic N) is 1. The largest absolute Gasteiger partial charge is 0.457 e. The molecule has 0 spiro atoms. The van der Waals surface area contributed by atoms with Crippen molar-refractivity contribution in [1.29, 1.82) is 0 Å². The molecule has 0 fully saturated rings. The average molecular weight is 351 g/mol. The molecule has 0 saturated carbocycles. The number of ether oxygens (including phenoxy) is 1. The molecule has 4 aromatic rings. The quantitative estimate of drug-likeness (QED) is 0.487. The Labute approximate surface area is 150 Å². The summed E-state index contributed by atoms with van der Waals surface area (Å²) in [5, 5.41) is 8.88. The Bertz CT molecular complexity index is 982. The highest BCUT2D eigenvalue weighted by Gasteiger charge is 2.08. The zero-order valence-electron chi connectivity index (χ0n) is 13.3. The van der Waals surface area contributed by atoms with Gasteiger partial charge in [0.15, 0.2) is 11.4 Å². The minimum atomic E-state index is 0.629. The van der Waals surface area contributed by atoms with Crippen molar-refractivity contribution in [3.8, 4) is 11.5 Å². The third-order valence-electron chi connectivity index (χ3n) is 3.80. The third-order valence-corrected chi connectivity index (χ3v) is 4.03. The van der Waals surface area contributed by atoms with Crippen LogP contribution in [0.3, 0.4) is 0 Å². The van der Waals surface area contributed by atoms with E-state index in [-0.39, 0.29) is 0 Å². The van der Waals surface area contributed by atoms with Gasteiger partial charge in [-0.1, -0.05) is 47.1 Å². The summed E-state index contributed by atoms with van der Waals surface area (Å²) in [6.45, 7) is 0.635. The van der Waals surface area contributed by atoms with Crippen LogP contribution in [0.2, 0.25) is 5.02 Å². The Morgan fingerprint density at radius 1 is 0.920 bits per heavy atom. The van der Waals surface area contributed by atoms with Gasteiger partial charge in [0.1, 0.15) is 11.5 Å². The minimum Gasteiger partial charge on any atom is -0.457 e. The summed E-state index contributed by atoms with van der Waals surface area (Å²) in [5.74, 6) is 2.33. The van der Waals surface area contributed by atoms with Gasteiger partial charge in [-0.25, -0.2) is 0 Å². The summed E-state index contributed by atoms with van der Waals surface area (Å²) >= 11 is 5.95. The van der Waals surface area contributed by atoms with Gasteiger partial charge in [0, 0.05) is 17.6 Å². The van der Waals surface area contributed by atoms with Crippen LogP contribution in [0.4, 0.5) is 5.82 Å². The van der Waals surface area contributed by atoms with Crippen molar-refractivity contribution in [3.05, 3.63) is 83.4 Å². The maximum absolute atomic E-state index is 5.95. The van der Waals surface area contributed by atoms with Gasteiger partial charge in [-0.15, -0.1) is 0 Å². The van der Waals surface area contributed by atoms with Crippen LogP contribution in [-0.2, 0) is 6.54 Å². The predicted octanol–water partition coefficient (Wildman–Crippen LogP) is 5.89. The van der Waals surface area contributed by atoms with Crippen molar-refractivity contribution in [1.82, 2.24) is 5.16 Å². The van der Waals surface area contributed by atoms with Gasteiger partial charge in [0.05, 0.1) is 5.39 Å². The first-order valence-electron chi connectivity index (χ1n) is 7.88. The van der Waals surface area contributed by atoms with E-state index in [4.69, 9.17) is 20.9 Å². The molecule has 1 aromatic heterocycles. The van der Waals surface area contributed by atoms with Gasteiger partial charge in [0.25, 0.3) is 0 Å². The fraction of sp³-hybridized carbons (Fsp3) is 0.0500. The van der Waals surface area contributed by atoms with Crippen molar-refractivity contribution in [3.63, 3.8) is 0 Å². The Hall–Kier alpha value is -2.98. The average Bonchev–Trinajstić information content (AvgIpc) is 3.04. The van der Waals surface area contributed by atoms with Gasteiger partial charge in [-0.3, -0.25) is 0 Å². The van der Waals surface area contributed by atoms with Gasteiger partial charge in [-0.05, 0) is 42.0 Å². The van der Waals surface area contributed by atoms with Crippen LogP contribution in [0.1, 0.15) is 5.56 Å². The molecule has 5 heteroatoms. The fourth-order valence-corrected chi connectivity index (χ4v) is 2.69. The smallest absolute Gasteiger partial charge is 0.177 e. The molecule has 1 N–H and O–H groups in total. The van der Waals surface area contributed by atoms with E-state index in [0.29, 0.717) is 23.0 Å². The predicted molar refractivity (Wildman–Crippen MR) is 99.3 cm³/mol. The molecule has 25 heavy (non-hydrogen) atoms. The molecule has 0 aliphatic rings. The van der Waals surface area contributed by atoms with Crippen LogP contribution in [-0.4, -0.2) is 5.16 Å². The molecular weight excluding hydrogens is 336 g/mol. The molecule has 0 atom stereocenters. The number of fused-ring (bicyclic) bond motifs is 1. The number of para-hydroxylation sites is 1. The maximum Gasteiger partial charge on any atom is 0.177 e. The topological polar surface area (TPSA) is 47.3 Å². The molecule has 0 saturated heterocycles. The Balaban J connectivity index is 1.42. The zero-order chi connectivity index (χ0) is 17.1. The molecule has 1 heterocycles. The summed E-state index contributed by atoms with van der Waals surface area (Å²) in [7, 11) is 0. The van der Waals surface area contributed by atoms with Crippen molar-refractivity contribution in [2.24, 2.45) is 0 Å². The van der Waals surface area contributed by atoms with E-state index in [1.807, 2.05) is 66.7 Å². The van der Waals surface area contributed by atoms with Crippen LogP contribution < -0.4 is 10.1 Å². The first-order chi connectivity index (χ1) is 12.3. The van der Waals surface area contributed by atoms with E-state index in [1.54, 1.807) is 6.07 Å². The molecule has 0 bridgehead atoms. The number of anilines is 1. The molecule has 4 rings (SSSR count). The Morgan fingerprint density at radius 2 is 1.68 bits per heavy atom. The standard InChI is InChI=1S/C20H15ClN2O2/c21-15-8-11-18-19(12-15)25-23-20(18)22-13-14-6-9-17(10-7-14)24-16-4-2-1-3-5-16/h1-12H,13H2,(H,22,23). The number of hydrogen-bond acceptors (Lipinski definition) is 4. The molecule has 3 aromatic carbocycles. The van der Waals surface area contributed by atoms with E-state index in [2.05, 4.69) is 10.5 Å². The maximum atomic E-state index is 5.95. The zero-order valence-corrected chi connectivity index (χ0v) is 14.0. The number of nitrogens with one attached hydrogen (secondary N) is 1. The van der Waals surface area contributed by atoms with Crippen molar-refractivity contribution in [2.75, 3.05) is 5.32 Å². The van der Waals surface area contributed by atoms with E-state index < -0.39 is 0 Å². The monoisotopic (exact) mass is 350 g/mol. The molecule has 0 aliphatic carbocycles. The number of halogens is 1. The summed E-state index contributed by atoms with van der Waals surface area (Å²) < 4.78 is 11.1. The van der Waals surface area contributed by atoms with E-state index in [9.17, 15) is 0 Å². The van der Waals surface area contributed by atoms with Crippen LogP contribution in [0.25, 0.3) is 11.0 Å². The summed E-state index contributed by atoms with van der Waals surface area (Å²) in [6, 6.07) is 23.1. The summed E-state index contributed by atoms with van der Waals surface area (Å²) in [6.07, 6.45) is 0. The SMILES string of the molecule is Clc1ccc2c(NCc3ccc(Oc4ccccc4)cc3)noc2c1. The van der Waals surface area contributed by atoms with Crippen LogP contribution in [0.5, 0.6) is 11.5 Å². The molecule has 124 valence electrons. The number of rotatable bonds is 5. The lowest BCUT2D eigenvalue weighted by molar-refractivity contribution is 0.459. The van der Waals surface area contributed by atoms with Gasteiger partial charge < -0.3 is 14.6 Å². The van der Waals surface area contributed by atoms with Gasteiger partial charge in [0.2, 0.25) is 0 Å². The molecule has 0 aliphatic heterocycles. The first kappa shape index (κ1) is 15.5. The van der Waals surface area contributed by atoms with E-state index in [1.165, 1.54) is 0 Å². The highest BCUT2D eigenvalue weighted by molar-refractivity contribution is 6.31. The third kappa shape index (κ3) is 3.59. The van der Waals surface area contributed by atoms with Gasteiger partial charge in [-0.2, -0.15) is 0 Å². The van der Waals surface area contributed by atoms with Crippen molar-refractivity contribution >= 4 is 28.4 Å². The molecule has 0 unspecified atom stereocenters. The van der Waals surface area contributed by atoms with Crippen molar-refractivity contribution in [2.45, 2.75) is 6.54 Å². The summed E-state index contributed by atoms with van der Waals surface area (Å²) in [4.78, 5) is 0. The second kappa shape index (κ2) is 6.87. The van der Waals surface area contributed by atoms with Crippen LogP contribution in [0, 0.1) is 0 Å². The lowest BCUT2D eigenvalue weighted by Crippen LogP contribution is -1.99. The fourth-order valence-electron chi connectivity index (χ4n) is 2.52. The molecule has 4 nitrogen and oxygen atoms in total. The number of benzene rings is 3. The van der Waals surface area contributed by atoms with E-state index in [0.717, 1.165) is 22.4 Å². The molecule has 0 radical (unpaired) electrons. The van der Waals surface area contributed by atoms with Crippen molar-refractivity contribution < 1.29 is 9.26 Å². The molecular formula is C20H15ClN2O2. The highest BCUT2D eigenvalue weighted by atomic mass is 35.5. The lowest BCUT2D eigenvalue weighted by atomic mass is 10.2. The lowest BCUT2D eigenvalue weighted by Gasteiger charge is -2.07. The highest BCUT2D eigenvalue weighted by Crippen LogP contribution is 2.26. The van der Waals surface area contributed by atoms with Crippen LogP contribution >= 0.6 is 11.6 Å². The van der Waals surface area contributed by atoms with Crippen LogP contribution in [0.15, 0.2) is 77.3 Å². The minimum absolute atomic E-state index is 0.629.